The lowest BCUT2D eigenvalue weighted by Crippen LogP contribution is -2.06. The van der Waals surface area contributed by atoms with Crippen LogP contribution in [0.3, 0.4) is 0 Å². The average Bonchev–Trinajstić information content (AvgIpc) is 2.38. The number of nitrogens with zero attached hydrogens (tertiary/aromatic N) is 1. The number of pyridine rings is 1. The highest BCUT2D eigenvalue weighted by molar-refractivity contribution is 6.36. The molecule has 0 bridgehead atoms. The van der Waals surface area contributed by atoms with Crippen molar-refractivity contribution in [3.05, 3.63) is 57.8 Å². The molecule has 19 heavy (non-hydrogen) atoms. The number of carbonyl (C=O) groups is 1. The van der Waals surface area contributed by atoms with Gasteiger partial charge in [-0.2, -0.15) is 0 Å². The number of carbonyl (C=O) groups excluding carboxylic acids is 1. The average molecular weight is 296 g/mol. The standard InChI is InChI=1S/C14H11Cl2NO2/c1-19-11-4-2-3-9(5-11)6-13(18)14-12(16)7-10(15)8-17-14/h2-5,7-8H,6H2,1H3. The normalized spacial score (nSPS) is 10.3. The van der Waals surface area contributed by atoms with Gasteiger partial charge in [0.05, 0.1) is 17.2 Å². The zero-order chi connectivity index (χ0) is 13.8. The summed E-state index contributed by atoms with van der Waals surface area (Å²) in [6.07, 6.45) is 1.62. The summed E-state index contributed by atoms with van der Waals surface area (Å²) in [6.45, 7) is 0. The molecule has 0 N–H and O–H groups in total. The maximum absolute atomic E-state index is 12.1. The Morgan fingerprint density at radius 2 is 2.11 bits per heavy atom. The molecule has 2 aromatic rings. The van der Waals surface area contributed by atoms with E-state index in [1.54, 1.807) is 7.11 Å². The molecule has 2 rings (SSSR count). The number of hydrogen-bond acceptors (Lipinski definition) is 3. The number of Topliss-reactive ketones (excluding diaryl/α,β-unsaturated/α-hetero) is 1. The third-order valence-electron chi connectivity index (χ3n) is 2.57. The van der Waals surface area contributed by atoms with E-state index in [2.05, 4.69) is 4.98 Å². The molecule has 1 aromatic heterocycles. The molecule has 1 heterocycles. The molecule has 0 aliphatic heterocycles. The summed E-state index contributed by atoms with van der Waals surface area (Å²) in [6, 6.07) is 8.82. The Kier molecular flexibility index (Phi) is 4.40. The number of rotatable bonds is 4. The second-order valence-electron chi connectivity index (χ2n) is 3.94. The maximum atomic E-state index is 12.1. The van der Waals surface area contributed by atoms with Gasteiger partial charge >= 0.3 is 0 Å². The van der Waals surface area contributed by atoms with Gasteiger partial charge in [0.15, 0.2) is 5.78 Å². The maximum Gasteiger partial charge on any atom is 0.187 e. The summed E-state index contributed by atoms with van der Waals surface area (Å²) >= 11 is 11.7. The third-order valence-corrected chi connectivity index (χ3v) is 3.07. The summed E-state index contributed by atoms with van der Waals surface area (Å²) in [7, 11) is 1.58. The highest BCUT2D eigenvalue weighted by Crippen LogP contribution is 2.21. The van der Waals surface area contributed by atoms with Gasteiger partial charge in [-0.25, -0.2) is 4.98 Å². The Labute approximate surface area is 121 Å². The van der Waals surface area contributed by atoms with Crippen LogP contribution < -0.4 is 4.74 Å². The van der Waals surface area contributed by atoms with E-state index >= 15 is 0 Å². The first-order valence-corrected chi connectivity index (χ1v) is 6.33. The molecule has 5 heteroatoms. The number of ketones is 1. The fraction of sp³-hybridized carbons (Fsp3) is 0.143. The van der Waals surface area contributed by atoms with Gasteiger partial charge in [-0.3, -0.25) is 4.79 Å². The van der Waals surface area contributed by atoms with E-state index in [-0.39, 0.29) is 22.9 Å². The lowest BCUT2D eigenvalue weighted by molar-refractivity contribution is 0.0988. The molecule has 98 valence electrons. The first-order chi connectivity index (χ1) is 9.10. The number of halogens is 2. The van der Waals surface area contributed by atoms with Crippen LogP contribution in [-0.4, -0.2) is 17.9 Å². The van der Waals surface area contributed by atoms with Crippen LogP contribution in [0.4, 0.5) is 0 Å². The molecule has 0 unspecified atom stereocenters. The van der Waals surface area contributed by atoms with E-state index in [9.17, 15) is 4.79 Å². The largest absolute Gasteiger partial charge is 0.497 e. The van der Waals surface area contributed by atoms with Gasteiger partial charge in [0.2, 0.25) is 0 Å². The van der Waals surface area contributed by atoms with Crippen LogP contribution in [-0.2, 0) is 6.42 Å². The highest BCUT2D eigenvalue weighted by atomic mass is 35.5. The number of ether oxygens (including phenoxy) is 1. The van der Waals surface area contributed by atoms with Crippen molar-refractivity contribution in [1.29, 1.82) is 0 Å². The van der Waals surface area contributed by atoms with Crippen LogP contribution in [0, 0.1) is 0 Å². The van der Waals surface area contributed by atoms with Crippen LogP contribution in [0.15, 0.2) is 36.5 Å². The first-order valence-electron chi connectivity index (χ1n) is 5.57. The predicted octanol–water partition coefficient (Wildman–Crippen LogP) is 3.82. The van der Waals surface area contributed by atoms with E-state index < -0.39 is 0 Å². The van der Waals surface area contributed by atoms with Crippen LogP contribution in [0.2, 0.25) is 10.0 Å². The van der Waals surface area contributed by atoms with E-state index in [4.69, 9.17) is 27.9 Å². The Hall–Kier alpha value is -1.58. The molecule has 0 saturated carbocycles. The Bertz CT molecular complexity index is 614. The van der Waals surface area contributed by atoms with Crippen molar-refractivity contribution in [3.63, 3.8) is 0 Å². The second kappa shape index (κ2) is 6.04. The zero-order valence-electron chi connectivity index (χ0n) is 10.2. The van der Waals surface area contributed by atoms with E-state index in [1.807, 2.05) is 24.3 Å². The summed E-state index contributed by atoms with van der Waals surface area (Å²) < 4.78 is 5.11. The van der Waals surface area contributed by atoms with E-state index in [1.165, 1.54) is 12.3 Å². The van der Waals surface area contributed by atoms with Gasteiger partial charge in [-0.1, -0.05) is 35.3 Å². The lowest BCUT2D eigenvalue weighted by Gasteiger charge is -2.05. The number of aromatic nitrogens is 1. The van der Waals surface area contributed by atoms with E-state index in [0.29, 0.717) is 10.8 Å². The van der Waals surface area contributed by atoms with Gasteiger partial charge < -0.3 is 4.74 Å². The molecule has 1 aromatic carbocycles. The molecular formula is C14H11Cl2NO2. The van der Waals surface area contributed by atoms with Crippen molar-refractivity contribution in [1.82, 2.24) is 4.98 Å². The number of benzene rings is 1. The van der Waals surface area contributed by atoms with Crippen molar-refractivity contribution in [2.75, 3.05) is 7.11 Å². The van der Waals surface area contributed by atoms with Crippen LogP contribution in [0.1, 0.15) is 16.1 Å². The first kappa shape index (κ1) is 13.8. The molecule has 0 aliphatic carbocycles. The Morgan fingerprint density at radius 3 is 2.79 bits per heavy atom. The summed E-state index contributed by atoms with van der Waals surface area (Å²) in [5.74, 6) is 0.551. The predicted molar refractivity (Wildman–Crippen MR) is 75.3 cm³/mol. The molecule has 0 aliphatic rings. The van der Waals surface area contributed by atoms with Gasteiger partial charge in [-0.05, 0) is 23.8 Å². The van der Waals surface area contributed by atoms with Gasteiger partial charge in [-0.15, -0.1) is 0 Å². The van der Waals surface area contributed by atoms with Crippen LogP contribution >= 0.6 is 23.2 Å². The molecule has 0 saturated heterocycles. The lowest BCUT2D eigenvalue weighted by atomic mass is 10.1. The van der Waals surface area contributed by atoms with Gasteiger partial charge in [0.25, 0.3) is 0 Å². The monoisotopic (exact) mass is 295 g/mol. The van der Waals surface area contributed by atoms with E-state index in [0.717, 1.165) is 5.56 Å². The van der Waals surface area contributed by atoms with Gasteiger partial charge in [0.1, 0.15) is 11.4 Å². The molecule has 0 fully saturated rings. The Morgan fingerprint density at radius 1 is 1.32 bits per heavy atom. The van der Waals surface area contributed by atoms with Crippen LogP contribution in [0.25, 0.3) is 0 Å². The van der Waals surface area contributed by atoms with Crippen molar-refractivity contribution < 1.29 is 9.53 Å². The summed E-state index contributed by atoms with van der Waals surface area (Å²) in [5, 5.41) is 0.670. The van der Waals surface area contributed by atoms with Crippen molar-refractivity contribution in [3.8, 4) is 5.75 Å². The minimum atomic E-state index is -0.157. The molecule has 0 atom stereocenters. The number of methoxy groups -OCH3 is 1. The van der Waals surface area contributed by atoms with Crippen molar-refractivity contribution in [2.24, 2.45) is 0 Å². The smallest absolute Gasteiger partial charge is 0.187 e. The van der Waals surface area contributed by atoms with Crippen LogP contribution in [0.5, 0.6) is 5.75 Å². The molecule has 0 radical (unpaired) electrons. The zero-order valence-corrected chi connectivity index (χ0v) is 11.7. The molecular weight excluding hydrogens is 285 g/mol. The highest BCUT2D eigenvalue weighted by Gasteiger charge is 2.13. The third kappa shape index (κ3) is 3.46. The minimum absolute atomic E-state index is 0.157. The summed E-state index contributed by atoms with van der Waals surface area (Å²) in [4.78, 5) is 16.1. The molecule has 3 nitrogen and oxygen atoms in total. The minimum Gasteiger partial charge on any atom is -0.497 e. The Balaban J connectivity index is 2.20. The number of hydrogen-bond donors (Lipinski definition) is 0. The topological polar surface area (TPSA) is 39.2 Å². The van der Waals surface area contributed by atoms with Crippen molar-refractivity contribution >= 4 is 29.0 Å². The quantitative estimate of drug-likeness (QED) is 0.805. The SMILES string of the molecule is COc1cccc(CC(=O)c2ncc(Cl)cc2Cl)c1. The fourth-order valence-electron chi connectivity index (χ4n) is 1.67. The molecule has 0 amide bonds. The van der Waals surface area contributed by atoms with Crippen molar-refractivity contribution in [2.45, 2.75) is 6.42 Å². The fourth-order valence-corrected chi connectivity index (χ4v) is 2.16. The summed E-state index contributed by atoms with van der Waals surface area (Å²) in [5.41, 5.74) is 1.08. The van der Waals surface area contributed by atoms with Gasteiger partial charge in [0, 0.05) is 12.6 Å². The molecule has 0 spiro atoms. The second-order valence-corrected chi connectivity index (χ2v) is 4.78.